The van der Waals surface area contributed by atoms with Crippen LogP contribution < -0.4 is 4.90 Å². The normalized spacial score (nSPS) is 18.3. The van der Waals surface area contributed by atoms with Crippen molar-refractivity contribution in [3.05, 3.63) is 76.5 Å². The highest BCUT2D eigenvalue weighted by Gasteiger charge is 2.32. The van der Waals surface area contributed by atoms with Gasteiger partial charge in [-0.3, -0.25) is 4.79 Å². The van der Waals surface area contributed by atoms with E-state index in [2.05, 4.69) is 0 Å². The summed E-state index contributed by atoms with van der Waals surface area (Å²) in [6, 6.07) is 10.4. The minimum atomic E-state index is -3.34. The number of benzene rings is 2. The largest absolute Gasteiger partial charge is 0.300 e. The van der Waals surface area contributed by atoms with Gasteiger partial charge in [-0.15, -0.1) is 0 Å². The van der Waals surface area contributed by atoms with E-state index in [1.807, 2.05) is 32.0 Å². The van der Waals surface area contributed by atoms with Crippen LogP contribution in [0.25, 0.3) is 0 Å². The van der Waals surface area contributed by atoms with Gasteiger partial charge in [-0.2, -0.15) is 0 Å². The number of carbonyl (C=O) groups is 1. The lowest BCUT2D eigenvalue weighted by Crippen LogP contribution is -2.41. The van der Waals surface area contributed by atoms with E-state index in [1.54, 1.807) is 0 Å². The Kier molecular flexibility index (Phi) is 4.47. The summed E-state index contributed by atoms with van der Waals surface area (Å²) in [5, 5.41) is 1.13. The second-order valence-corrected chi connectivity index (χ2v) is 8.19. The van der Waals surface area contributed by atoms with E-state index < -0.39 is 27.6 Å². The molecule has 0 saturated carbocycles. The number of amides is 1. The van der Waals surface area contributed by atoms with Crippen LogP contribution in [0, 0.1) is 19.7 Å². The Balaban J connectivity index is 2.09. The molecule has 0 radical (unpaired) electrons. The summed E-state index contributed by atoms with van der Waals surface area (Å²) in [7, 11) is -3.34. The van der Waals surface area contributed by atoms with Crippen LogP contribution in [-0.4, -0.2) is 26.1 Å². The summed E-state index contributed by atoms with van der Waals surface area (Å²) in [6.45, 7) is 3.81. The number of nitrogens with zero attached hydrogens (tertiary/aromatic N) is 1. The van der Waals surface area contributed by atoms with E-state index in [4.69, 9.17) is 0 Å². The second-order valence-electron chi connectivity index (χ2n) is 6.26. The quantitative estimate of drug-likeness (QED) is 0.844. The van der Waals surface area contributed by atoms with Crippen molar-refractivity contribution in [2.75, 3.05) is 10.7 Å². The number of hydrogen-bond donors (Lipinski definition) is 0. The first-order chi connectivity index (χ1) is 11.7. The van der Waals surface area contributed by atoms with Crippen molar-refractivity contribution in [2.24, 2.45) is 0 Å². The zero-order valence-corrected chi connectivity index (χ0v) is 14.8. The molecule has 1 atom stereocenters. The van der Waals surface area contributed by atoms with Gasteiger partial charge in [0.25, 0.3) is 5.91 Å². The van der Waals surface area contributed by atoms with Gasteiger partial charge in [0.15, 0.2) is 9.84 Å². The Morgan fingerprint density at radius 3 is 2.36 bits per heavy atom. The van der Waals surface area contributed by atoms with Crippen LogP contribution in [0.2, 0.25) is 0 Å². The van der Waals surface area contributed by atoms with Crippen molar-refractivity contribution >= 4 is 21.4 Å². The number of carbonyl (C=O) groups excluding carboxylic acids is 1. The fraction of sp³-hybridized carbons (Fsp3) is 0.211. The maximum absolute atomic E-state index is 13.5. The maximum atomic E-state index is 13.5. The number of rotatable bonds is 3. The Morgan fingerprint density at radius 1 is 1.12 bits per heavy atom. The molecule has 0 aliphatic carbocycles. The van der Waals surface area contributed by atoms with Crippen LogP contribution in [0.15, 0.2) is 53.9 Å². The number of hydrogen-bond acceptors (Lipinski definition) is 3. The van der Waals surface area contributed by atoms with Crippen molar-refractivity contribution in [3.63, 3.8) is 0 Å². The van der Waals surface area contributed by atoms with Gasteiger partial charge in [0.2, 0.25) is 0 Å². The molecule has 0 unspecified atom stereocenters. The molecule has 6 heteroatoms. The van der Waals surface area contributed by atoms with Gasteiger partial charge in [-0.25, -0.2) is 12.8 Å². The molecular formula is C19H18FNO3S. The van der Waals surface area contributed by atoms with Gasteiger partial charge in [0.1, 0.15) is 5.82 Å². The highest BCUT2D eigenvalue weighted by molar-refractivity contribution is 7.94. The number of halogens is 1. The van der Waals surface area contributed by atoms with E-state index in [0.29, 0.717) is 5.69 Å². The third-order valence-electron chi connectivity index (χ3n) is 4.02. The van der Waals surface area contributed by atoms with Gasteiger partial charge in [-0.05, 0) is 61.4 Å². The predicted molar refractivity (Wildman–Crippen MR) is 95.8 cm³/mol. The second kappa shape index (κ2) is 6.44. The summed E-state index contributed by atoms with van der Waals surface area (Å²) >= 11 is 0. The molecule has 3 rings (SSSR count). The van der Waals surface area contributed by atoms with Gasteiger partial charge in [0, 0.05) is 16.7 Å². The highest BCUT2D eigenvalue weighted by atomic mass is 32.2. The van der Waals surface area contributed by atoms with Crippen LogP contribution in [0.5, 0.6) is 0 Å². The van der Waals surface area contributed by atoms with E-state index in [-0.39, 0.29) is 11.3 Å². The molecule has 2 aromatic carbocycles. The lowest BCUT2D eigenvalue weighted by molar-refractivity contribution is 0.0982. The third kappa shape index (κ3) is 3.79. The van der Waals surface area contributed by atoms with Crippen LogP contribution >= 0.6 is 0 Å². The van der Waals surface area contributed by atoms with E-state index in [9.17, 15) is 17.6 Å². The zero-order valence-electron chi connectivity index (χ0n) is 13.9. The average Bonchev–Trinajstić information content (AvgIpc) is 2.86. The molecule has 0 aromatic heterocycles. The van der Waals surface area contributed by atoms with Crippen molar-refractivity contribution < 1.29 is 17.6 Å². The molecule has 0 bridgehead atoms. The first-order valence-corrected chi connectivity index (χ1v) is 9.55. The van der Waals surface area contributed by atoms with Crippen LogP contribution in [0.3, 0.4) is 0 Å². The fourth-order valence-corrected chi connectivity index (χ4v) is 4.30. The van der Waals surface area contributed by atoms with Gasteiger partial charge < -0.3 is 4.90 Å². The summed E-state index contributed by atoms with van der Waals surface area (Å²) in [5.41, 5.74) is 2.68. The Morgan fingerprint density at radius 2 is 1.80 bits per heavy atom. The van der Waals surface area contributed by atoms with E-state index in [0.717, 1.165) is 22.6 Å². The molecule has 1 heterocycles. The van der Waals surface area contributed by atoms with E-state index in [1.165, 1.54) is 29.2 Å². The predicted octanol–water partition coefficient (Wildman–Crippen LogP) is 3.40. The summed E-state index contributed by atoms with van der Waals surface area (Å²) < 4.78 is 37.2. The standard InChI is InChI=1S/C19H18FNO3S/c1-13-8-14(2)10-18(9-13)21(17-6-7-25(23,24)12-17)19(22)15-4-3-5-16(20)11-15/h3-11,17H,12H2,1-2H3/t17-/m0/s1. The summed E-state index contributed by atoms with van der Waals surface area (Å²) in [4.78, 5) is 14.5. The van der Waals surface area contributed by atoms with Crippen LogP contribution in [-0.2, 0) is 9.84 Å². The van der Waals surface area contributed by atoms with Crippen molar-refractivity contribution in [1.82, 2.24) is 0 Å². The SMILES string of the molecule is Cc1cc(C)cc(N(C(=O)c2cccc(F)c2)[C@H]2C=CS(=O)(=O)C2)c1. The monoisotopic (exact) mass is 359 g/mol. The van der Waals surface area contributed by atoms with Crippen molar-refractivity contribution in [3.8, 4) is 0 Å². The minimum absolute atomic E-state index is 0.178. The molecule has 1 aliphatic rings. The van der Waals surface area contributed by atoms with Gasteiger partial charge >= 0.3 is 0 Å². The smallest absolute Gasteiger partial charge is 0.258 e. The average molecular weight is 359 g/mol. The number of anilines is 1. The third-order valence-corrected chi connectivity index (χ3v) is 5.40. The zero-order chi connectivity index (χ0) is 18.2. The molecule has 2 aromatic rings. The van der Waals surface area contributed by atoms with Crippen LogP contribution in [0.4, 0.5) is 10.1 Å². The first kappa shape index (κ1) is 17.4. The van der Waals surface area contributed by atoms with Gasteiger partial charge in [0.05, 0.1) is 11.8 Å². The number of sulfone groups is 1. The van der Waals surface area contributed by atoms with Gasteiger partial charge in [-0.1, -0.05) is 12.1 Å². The lowest BCUT2D eigenvalue weighted by atomic mass is 10.1. The first-order valence-electron chi connectivity index (χ1n) is 7.83. The molecule has 0 fully saturated rings. The minimum Gasteiger partial charge on any atom is -0.300 e. The highest BCUT2D eigenvalue weighted by Crippen LogP contribution is 2.27. The Labute approximate surface area is 146 Å². The fourth-order valence-electron chi connectivity index (χ4n) is 3.03. The van der Waals surface area contributed by atoms with Crippen molar-refractivity contribution in [1.29, 1.82) is 0 Å². The lowest BCUT2D eigenvalue weighted by Gasteiger charge is -2.28. The molecule has 130 valence electrons. The van der Waals surface area contributed by atoms with Crippen molar-refractivity contribution in [2.45, 2.75) is 19.9 Å². The molecule has 0 N–H and O–H groups in total. The molecule has 1 aliphatic heterocycles. The molecule has 0 spiro atoms. The molecule has 4 nitrogen and oxygen atoms in total. The topological polar surface area (TPSA) is 54.5 Å². The van der Waals surface area contributed by atoms with E-state index >= 15 is 0 Å². The summed E-state index contributed by atoms with van der Waals surface area (Å²) in [5.74, 6) is -1.13. The Hall–Kier alpha value is -2.47. The summed E-state index contributed by atoms with van der Waals surface area (Å²) in [6.07, 6.45) is 1.50. The Bertz CT molecular complexity index is 946. The number of aryl methyl sites for hydroxylation is 2. The molecule has 0 saturated heterocycles. The molecule has 25 heavy (non-hydrogen) atoms. The molecular weight excluding hydrogens is 341 g/mol. The van der Waals surface area contributed by atoms with Crippen LogP contribution in [0.1, 0.15) is 21.5 Å². The molecule has 1 amide bonds. The maximum Gasteiger partial charge on any atom is 0.258 e.